The quantitative estimate of drug-likeness (QED) is 0.589. The Morgan fingerprint density at radius 3 is 2.18 bits per heavy atom. The van der Waals surface area contributed by atoms with Crippen molar-refractivity contribution in [3.8, 4) is 11.5 Å². The molecule has 11 heavy (non-hydrogen) atoms. The Morgan fingerprint density at radius 1 is 1.18 bits per heavy atom. The third kappa shape index (κ3) is 1.05. The van der Waals surface area contributed by atoms with Crippen LogP contribution in [0.15, 0.2) is 24.3 Å². The minimum Gasteiger partial charge on any atom is -0.522 e. The summed E-state index contributed by atoms with van der Waals surface area (Å²) in [4.78, 5) is 0. The highest BCUT2D eigenvalue weighted by Crippen LogP contribution is 2.31. The molecule has 0 bridgehead atoms. The Labute approximate surface area is 65.3 Å². The van der Waals surface area contributed by atoms with E-state index in [2.05, 4.69) is 0 Å². The lowest BCUT2D eigenvalue weighted by atomic mass is 9.92. The van der Waals surface area contributed by atoms with E-state index in [0.29, 0.717) is 6.44 Å². The van der Waals surface area contributed by atoms with Crippen LogP contribution < -0.4 is 15.0 Å². The first-order valence-corrected chi connectivity index (χ1v) is 3.52. The zero-order valence-electron chi connectivity index (χ0n) is 5.99. The fraction of sp³-hybridized carbons (Fsp3) is 0.143. The van der Waals surface area contributed by atoms with E-state index in [1.807, 2.05) is 24.3 Å². The molecule has 1 aromatic carbocycles. The van der Waals surface area contributed by atoms with Gasteiger partial charge < -0.3 is 15.0 Å². The molecule has 1 heterocycles. The lowest BCUT2D eigenvalue weighted by molar-refractivity contribution is 0.499. The predicted molar refractivity (Wildman–Crippen MR) is 42.5 cm³/mol. The normalized spacial score (nSPS) is 13.7. The molecule has 3 nitrogen and oxygen atoms in total. The third-order valence-corrected chi connectivity index (χ3v) is 1.56. The van der Waals surface area contributed by atoms with Crippen LogP contribution in [0, 0.1) is 0 Å². The summed E-state index contributed by atoms with van der Waals surface area (Å²) in [5.74, 6) is 1.56. The largest absolute Gasteiger partial charge is 0.609 e. The lowest BCUT2D eigenvalue weighted by Gasteiger charge is -1.98. The van der Waals surface area contributed by atoms with Gasteiger partial charge in [0.2, 0.25) is 0 Å². The van der Waals surface area contributed by atoms with E-state index in [9.17, 15) is 0 Å². The number of hydrogen-bond donors (Lipinski definition) is 1. The molecule has 0 amide bonds. The maximum Gasteiger partial charge on any atom is 0.609 e. The van der Waals surface area contributed by atoms with Gasteiger partial charge >= 0.3 is 7.12 Å². The van der Waals surface area contributed by atoms with Crippen LogP contribution in [-0.2, 0) is 0 Å². The van der Waals surface area contributed by atoms with Gasteiger partial charge in [0, 0.05) is 0 Å². The monoisotopic (exact) mass is 149 g/mol. The van der Waals surface area contributed by atoms with Crippen LogP contribution in [0.25, 0.3) is 0 Å². The number of nitrogens with two attached hydrogens (primary N) is 1. The fourth-order valence-corrected chi connectivity index (χ4v) is 1.05. The van der Waals surface area contributed by atoms with E-state index in [-0.39, 0.29) is 7.12 Å². The summed E-state index contributed by atoms with van der Waals surface area (Å²) in [6.45, 7) is 0. The maximum absolute atomic E-state index is 5.36. The highest BCUT2D eigenvalue weighted by molar-refractivity contribution is 6.47. The second kappa shape index (κ2) is 2.47. The van der Waals surface area contributed by atoms with Gasteiger partial charge in [0.15, 0.2) is 0 Å². The van der Waals surface area contributed by atoms with E-state index < -0.39 is 0 Å². The van der Waals surface area contributed by atoms with E-state index in [1.54, 1.807) is 0 Å². The molecule has 0 spiro atoms. The minimum atomic E-state index is -0.299. The van der Waals surface area contributed by atoms with Crippen molar-refractivity contribution in [1.82, 2.24) is 0 Å². The summed E-state index contributed by atoms with van der Waals surface area (Å²) in [6.07, 6.45) is 0.384. The van der Waals surface area contributed by atoms with Gasteiger partial charge in [-0.3, -0.25) is 0 Å². The first-order valence-electron chi connectivity index (χ1n) is 3.52. The van der Waals surface area contributed by atoms with Crippen LogP contribution in [0.2, 0.25) is 0 Å². The first kappa shape index (κ1) is 6.55. The van der Waals surface area contributed by atoms with Crippen molar-refractivity contribution in [3.05, 3.63) is 24.3 Å². The average Bonchev–Trinajstić information content (AvgIpc) is 2.46. The van der Waals surface area contributed by atoms with Gasteiger partial charge in [0.1, 0.15) is 11.5 Å². The Hall–Kier alpha value is -1.16. The molecule has 2 rings (SSSR count). The van der Waals surface area contributed by atoms with Crippen molar-refractivity contribution in [1.29, 1.82) is 0 Å². The summed E-state index contributed by atoms with van der Waals surface area (Å²) >= 11 is 0. The van der Waals surface area contributed by atoms with Crippen LogP contribution in [0.4, 0.5) is 0 Å². The molecule has 56 valence electrons. The van der Waals surface area contributed by atoms with Gasteiger partial charge in [-0.25, -0.2) is 0 Å². The standard InChI is InChI=1S/C7H8BNO2/c9-5-8-10-6-3-1-2-4-7(6)11-8/h1-4H,5,9H2. The second-order valence-electron chi connectivity index (χ2n) is 2.35. The van der Waals surface area contributed by atoms with Gasteiger partial charge in [0.25, 0.3) is 0 Å². The molecule has 1 aromatic rings. The van der Waals surface area contributed by atoms with Crippen molar-refractivity contribution in [2.75, 3.05) is 6.44 Å². The van der Waals surface area contributed by atoms with E-state index >= 15 is 0 Å². The number of rotatable bonds is 1. The number of benzene rings is 1. The number of fused-ring (bicyclic) bond motifs is 1. The molecule has 0 aliphatic carbocycles. The Bertz CT molecular complexity index is 241. The van der Waals surface area contributed by atoms with Crippen molar-refractivity contribution in [3.63, 3.8) is 0 Å². The molecule has 1 aliphatic heterocycles. The third-order valence-electron chi connectivity index (χ3n) is 1.56. The highest BCUT2D eigenvalue weighted by atomic mass is 16.6. The lowest BCUT2D eigenvalue weighted by Crippen LogP contribution is -2.34. The van der Waals surface area contributed by atoms with Crippen molar-refractivity contribution < 1.29 is 9.31 Å². The molecule has 0 unspecified atom stereocenters. The van der Waals surface area contributed by atoms with Crippen molar-refractivity contribution in [2.45, 2.75) is 0 Å². The number of para-hydroxylation sites is 2. The van der Waals surface area contributed by atoms with Crippen LogP contribution in [-0.4, -0.2) is 13.6 Å². The van der Waals surface area contributed by atoms with Crippen LogP contribution in [0.5, 0.6) is 11.5 Å². The summed E-state index contributed by atoms with van der Waals surface area (Å²) in [6, 6.07) is 7.54. The molecule has 0 atom stereocenters. The zero-order valence-corrected chi connectivity index (χ0v) is 5.99. The van der Waals surface area contributed by atoms with Gasteiger partial charge in [0.05, 0.1) is 6.44 Å². The smallest absolute Gasteiger partial charge is 0.522 e. The van der Waals surface area contributed by atoms with Gasteiger partial charge in [-0.1, -0.05) is 12.1 Å². The van der Waals surface area contributed by atoms with Crippen LogP contribution >= 0.6 is 0 Å². The van der Waals surface area contributed by atoms with Crippen molar-refractivity contribution in [2.24, 2.45) is 5.73 Å². The summed E-state index contributed by atoms with van der Waals surface area (Å²) in [5, 5.41) is 0. The molecular weight excluding hydrogens is 141 g/mol. The minimum absolute atomic E-state index is 0.299. The van der Waals surface area contributed by atoms with Gasteiger partial charge in [-0.05, 0) is 12.1 Å². The topological polar surface area (TPSA) is 44.5 Å². The number of hydrogen-bond acceptors (Lipinski definition) is 3. The van der Waals surface area contributed by atoms with Crippen LogP contribution in [0.3, 0.4) is 0 Å². The second-order valence-corrected chi connectivity index (χ2v) is 2.35. The first-order chi connectivity index (χ1) is 5.40. The zero-order chi connectivity index (χ0) is 7.68. The summed E-state index contributed by atoms with van der Waals surface area (Å²) in [7, 11) is -0.299. The molecule has 0 aromatic heterocycles. The van der Waals surface area contributed by atoms with Crippen molar-refractivity contribution >= 4 is 7.12 Å². The Balaban J connectivity index is 2.27. The molecule has 0 radical (unpaired) electrons. The SMILES string of the molecule is NCB1Oc2ccccc2O1. The molecule has 2 N–H and O–H groups in total. The summed E-state index contributed by atoms with van der Waals surface area (Å²) in [5.41, 5.74) is 5.36. The Morgan fingerprint density at radius 2 is 1.73 bits per heavy atom. The molecule has 0 saturated carbocycles. The molecule has 4 heteroatoms. The molecular formula is C7H8BNO2. The fourth-order valence-electron chi connectivity index (χ4n) is 1.05. The average molecular weight is 149 g/mol. The summed E-state index contributed by atoms with van der Waals surface area (Å²) < 4.78 is 10.6. The molecule has 0 saturated heterocycles. The van der Waals surface area contributed by atoms with E-state index in [0.717, 1.165) is 11.5 Å². The van der Waals surface area contributed by atoms with Gasteiger partial charge in [-0.15, -0.1) is 0 Å². The molecule has 0 fully saturated rings. The predicted octanol–water partition coefficient (Wildman–Crippen LogP) is 0.444. The molecule has 1 aliphatic rings. The highest BCUT2D eigenvalue weighted by Gasteiger charge is 2.29. The maximum atomic E-state index is 5.36. The van der Waals surface area contributed by atoms with Gasteiger partial charge in [-0.2, -0.15) is 0 Å². The Kier molecular flexibility index (Phi) is 1.47. The van der Waals surface area contributed by atoms with E-state index in [1.165, 1.54) is 0 Å². The van der Waals surface area contributed by atoms with E-state index in [4.69, 9.17) is 15.0 Å². The van der Waals surface area contributed by atoms with Crippen LogP contribution in [0.1, 0.15) is 0 Å².